The van der Waals surface area contributed by atoms with Crippen molar-refractivity contribution in [1.82, 2.24) is 10.2 Å². The Morgan fingerprint density at radius 3 is 2.39 bits per heavy atom. The van der Waals surface area contributed by atoms with Gasteiger partial charge in [-0.15, -0.1) is 0 Å². The van der Waals surface area contributed by atoms with Gasteiger partial charge in [0.2, 0.25) is 0 Å². The Hall–Kier alpha value is -1.75. The fourth-order valence-electron chi connectivity index (χ4n) is 2.53. The van der Waals surface area contributed by atoms with Crippen molar-refractivity contribution < 1.29 is 14.3 Å². The van der Waals surface area contributed by atoms with E-state index < -0.39 is 0 Å². The molecule has 0 fully saturated rings. The Balaban J connectivity index is 2.40. The van der Waals surface area contributed by atoms with Gasteiger partial charge in [0.25, 0.3) is 5.91 Å². The van der Waals surface area contributed by atoms with Crippen molar-refractivity contribution in [3.8, 4) is 11.5 Å². The lowest BCUT2D eigenvalue weighted by Crippen LogP contribution is -2.43. The summed E-state index contributed by atoms with van der Waals surface area (Å²) in [6.45, 7) is 12.1. The summed E-state index contributed by atoms with van der Waals surface area (Å²) in [5.41, 5.74) is 1.08. The van der Waals surface area contributed by atoms with Crippen LogP contribution in [0.1, 0.15) is 33.3 Å². The normalized spacial score (nSPS) is 11.2. The second-order valence-electron chi connectivity index (χ2n) is 6.22. The second-order valence-corrected chi connectivity index (χ2v) is 6.22. The molecule has 0 aliphatic rings. The van der Waals surface area contributed by atoms with E-state index in [4.69, 9.17) is 9.47 Å². The number of benzene rings is 1. The van der Waals surface area contributed by atoms with Gasteiger partial charge in [0.05, 0.1) is 7.11 Å². The average Bonchev–Trinajstić information content (AvgIpc) is 2.49. The Kier molecular flexibility index (Phi) is 7.89. The Labute approximate surface area is 140 Å². The number of amides is 1. The van der Waals surface area contributed by atoms with Crippen LogP contribution in [0, 0.1) is 6.92 Å². The van der Waals surface area contributed by atoms with Crippen molar-refractivity contribution in [2.24, 2.45) is 0 Å². The molecule has 0 spiro atoms. The lowest BCUT2D eigenvalue weighted by molar-refractivity contribution is -0.123. The van der Waals surface area contributed by atoms with Crippen LogP contribution in [0.2, 0.25) is 0 Å². The van der Waals surface area contributed by atoms with E-state index in [0.29, 0.717) is 30.1 Å². The highest BCUT2D eigenvalue weighted by Gasteiger charge is 2.13. The van der Waals surface area contributed by atoms with E-state index in [0.717, 1.165) is 12.1 Å². The number of ether oxygens (including phenoxy) is 2. The summed E-state index contributed by atoms with van der Waals surface area (Å²) >= 11 is 0. The molecule has 0 atom stereocenters. The fraction of sp³-hybridized carbons (Fsp3) is 0.611. The lowest BCUT2D eigenvalue weighted by Gasteiger charge is -2.30. The Bertz CT molecular complexity index is 493. The quantitative estimate of drug-likeness (QED) is 0.759. The number of nitrogens with zero attached hydrogens (tertiary/aromatic N) is 1. The predicted molar refractivity (Wildman–Crippen MR) is 93.2 cm³/mol. The lowest BCUT2D eigenvalue weighted by atomic mass is 10.2. The van der Waals surface area contributed by atoms with E-state index in [1.165, 1.54) is 0 Å². The van der Waals surface area contributed by atoms with Crippen LogP contribution in [0.4, 0.5) is 0 Å². The van der Waals surface area contributed by atoms with Crippen molar-refractivity contribution >= 4 is 5.91 Å². The predicted octanol–water partition coefficient (Wildman–Crippen LogP) is 2.62. The molecule has 23 heavy (non-hydrogen) atoms. The molecule has 0 radical (unpaired) electrons. The van der Waals surface area contributed by atoms with E-state index in [2.05, 4.69) is 37.9 Å². The molecule has 1 amide bonds. The summed E-state index contributed by atoms with van der Waals surface area (Å²) in [4.78, 5) is 14.2. The van der Waals surface area contributed by atoms with Gasteiger partial charge in [-0.25, -0.2) is 0 Å². The summed E-state index contributed by atoms with van der Waals surface area (Å²) < 4.78 is 10.8. The first kappa shape index (κ1) is 19.3. The number of nitrogens with one attached hydrogen (secondary N) is 1. The van der Waals surface area contributed by atoms with Gasteiger partial charge < -0.3 is 14.8 Å². The maximum atomic E-state index is 11.9. The van der Waals surface area contributed by atoms with Crippen molar-refractivity contribution in [2.75, 3.05) is 26.8 Å². The zero-order chi connectivity index (χ0) is 17.4. The molecule has 5 nitrogen and oxygen atoms in total. The van der Waals surface area contributed by atoms with Crippen LogP contribution in [0.3, 0.4) is 0 Å². The first-order valence-corrected chi connectivity index (χ1v) is 8.15. The standard InChI is InChI=1S/C18H30N2O3/c1-13(2)20(14(3)4)10-9-19-18(21)12-23-16-8-7-15(5)11-17(16)22-6/h7-8,11,13-14H,9-10,12H2,1-6H3,(H,19,21). The third kappa shape index (κ3) is 6.48. The molecule has 0 aliphatic carbocycles. The molecule has 5 heteroatoms. The molecule has 130 valence electrons. The number of carbonyl (C=O) groups is 1. The Morgan fingerprint density at radius 2 is 1.83 bits per heavy atom. The van der Waals surface area contributed by atoms with Gasteiger partial charge in [-0.2, -0.15) is 0 Å². The molecule has 0 heterocycles. The van der Waals surface area contributed by atoms with Gasteiger partial charge >= 0.3 is 0 Å². The summed E-state index contributed by atoms with van der Waals surface area (Å²) in [6.07, 6.45) is 0. The maximum Gasteiger partial charge on any atom is 0.257 e. The third-order valence-electron chi connectivity index (χ3n) is 3.70. The number of methoxy groups -OCH3 is 1. The smallest absolute Gasteiger partial charge is 0.257 e. The van der Waals surface area contributed by atoms with Crippen LogP contribution in [-0.2, 0) is 4.79 Å². The topological polar surface area (TPSA) is 50.8 Å². The average molecular weight is 322 g/mol. The Morgan fingerprint density at radius 1 is 1.17 bits per heavy atom. The molecule has 1 aromatic carbocycles. The van der Waals surface area contributed by atoms with Gasteiger partial charge in [-0.3, -0.25) is 9.69 Å². The highest BCUT2D eigenvalue weighted by molar-refractivity contribution is 5.77. The van der Waals surface area contributed by atoms with Crippen LogP contribution in [0.15, 0.2) is 18.2 Å². The molecule has 1 rings (SSSR count). The summed E-state index contributed by atoms with van der Waals surface area (Å²) in [5.74, 6) is 1.10. The number of rotatable bonds is 9. The molecular weight excluding hydrogens is 292 g/mol. The minimum Gasteiger partial charge on any atom is -0.493 e. The van der Waals surface area contributed by atoms with Crippen LogP contribution in [0.25, 0.3) is 0 Å². The molecule has 1 aromatic rings. The number of aryl methyl sites for hydroxylation is 1. The van der Waals surface area contributed by atoms with Crippen molar-refractivity contribution in [1.29, 1.82) is 0 Å². The van der Waals surface area contributed by atoms with Crippen LogP contribution in [-0.4, -0.2) is 49.7 Å². The van der Waals surface area contributed by atoms with Crippen molar-refractivity contribution in [2.45, 2.75) is 46.7 Å². The van der Waals surface area contributed by atoms with E-state index >= 15 is 0 Å². The zero-order valence-electron chi connectivity index (χ0n) is 15.2. The van der Waals surface area contributed by atoms with Gasteiger partial charge in [-0.05, 0) is 52.3 Å². The number of hydrogen-bond acceptors (Lipinski definition) is 4. The molecule has 0 aromatic heterocycles. The molecule has 0 saturated heterocycles. The van der Waals surface area contributed by atoms with E-state index in [-0.39, 0.29) is 12.5 Å². The highest BCUT2D eigenvalue weighted by Crippen LogP contribution is 2.27. The molecule has 1 N–H and O–H groups in total. The maximum absolute atomic E-state index is 11.9. The van der Waals surface area contributed by atoms with E-state index in [9.17, 15) is 4.79 Å². The van der Waals surface area contributed by atoms with Crippen molar-refractivity contribution in [3.05, 3.63) is 23.8 Å². The molecule has 0 unspecified atom stereocenters. The first-order valence-electron chi connectivity index (χ1n) is 8.15. The van der Waals surface area contributed by atoms with Gasteiger partial charge in [0.1, 0.15) is 0 Å². The van der Waals surface area contributed by atoms with Crippen LogP contribution in [0.5, 0.6) is 11.5 Å². The van der Waals surface area contributed by atoms with E-state index in [1.807, 2.05) is 25.1 Å². The molecule has 0 aliphatic heterocycles. The minimum absolute atomic E-state index is 0.0111. The summed E-state index contributed by atoms with van der Waals surface area (Å²) in [7, 11) is 1.59. The third-order valence-corrected chi connectivity index (χ3v) is 3.70. The van der Waals surface area contributed by atoms with E-state index in [1.54, 1.807) is 7.11 Å². The molecular formula is C18H30N2O3. The number of hydrogen-bond donors (Lipinski definition) is 1. The summed E-state index contributed by atoms with van der Waals surface area (Å²) in [5, 5.41) is 2.90. The summed E-state index contributed by atoms with van der Waals surface area (Å²) in [6, 6.07) is 6.55. The van der Waals surface area contributed by atoms with Gasteiger partial charge in [0.15, 0.2) is 18.1 Å². The molecule has 0 bridgehead atoms. The van der Waals surface area contributed by atoms with Crippen LogP contribution >= 0.6 is 0 Å². The molecule has 0 saturated carbocycles. The SMILES string of the molecule is COc1cc(C)ccc1OCC(=O)NCCN(C(C)C)C(C)C. The monoisotopic (exact) mass is 322 g/mol. The largest absolute Gasteiger partial charge is 0.493 e. The van der Waals surface area contributed by atoms with Gasteiger partial charge in [0, 0.05) is 25.2 Å². The number of carbonyl (C=O) groups excluding carboxylic acids is 1. The van der Waals surface area contributed by atoms with Crippen molar-refractivity contribution in [3.63, 3.8) is 0 Å². The van der Waals surface area contributed by atoms with Gasteiger partial charge in [-0.1, -0.05) is 6.07 Å². The highest BCUT2D eigenvalue weighted by atomic mass is 16.5. The fourth-order valence-corrected chi connectivity index (χ4v) is 2.53. The second kappa shape index (κ2) is 9.40. The van der Waals surface area contributed by atoms with Crippen LogP contribution < -0.4 is 14.8 Å². The minimum atomic E-state index is -0.125. The first-order chi connectivity index (χ1) is 10.8. The zero-order valence-corrected chi connectivity index (χ0v) is 15.2.